The number of urea groups is 1. The standard InChI is InChI=1S/C7H8F2N2O2/c8-5(9)7(1-2-7)3-4(12)11-6(13)10-3/h3,5H,1-2H2,(H2,10,11,12,13). The lowest BCUT2D eigenvalue weighted by molar-refractivity contribution is -0.123. The van der Waals surface area contributed by atoms with Crippen molar-refractivity contribution in [2.75, 3.05) is 0 Å². The minimum atomic E-state index is -2.55. The number of hydrogen-bond acceptors (Lipinski definition) is 2. The van der Waals surface area contributed by atoms with Crippen molar-refractivity contribution >= 4 is 11.9 Å². The summed E-state index contributed by atoms with van der Waals surface area (Å²) in [5, 5.41) is 4.15. The van der Waals surface area contributed by atoms with Gasteiger partial charge in [0.15, 0.2) is 0 Å². The third-order valence-electron chi connectivity index (χ3n) is 2.61. The fraction of sp³-hybridized carbons (Fsp3) is 0.714. The molecule has 0 spiro atoms. The summed E-state index contributed by atoms with van der Waals surface area (Å²) in [5.74, 6) is -0.636. The van der Waals surface area contributed by atoms with Crippen LogP contribution in [0.25, 0.3) is 0 Å². The summed E-state index contributed by atoms with van der Waals surface area (Å²) < 4.78 is 25.0. The summed E-state index contributed by atoms with van der Waals surface area (Å²) in [4.78, 5) is 21.7. The summed E-state index contributed by atoms with van der Waals surface area (Å²) in [5.41, 5.74) is -1.30. The third kappa shape index (κ3) is 1.08. The van der Waals surface area contributed by atoms with Gasteiger partial charge in [0.25, 0.3) is 5.91 Å². The SMILES string of the molecule is O=C1NC(=O)C(C2(C(F)F)CC2)N1. The lowest BCUT2D eigenvalue weighted by atomic mass is 9.97. The van der Waals surface area contributed by atoms with Gasteiger partial charge in [-0.05, 0) is 12.8 Å². The molecule has 6 heteroatoms. The molecule has 1 atom stereocenters. The van der Waals surface area contributed by atoms with Crippen molar-refractivity contribution in [2.45, 2.75) is 25.3 Å². The molecule has 2 N–H and O–H groups in total. The first-order chi connectivity index (χ1) is 6.06. The van der Waals surface area contributed by atoms with E-state index in [1.165, 1.54) is 0 Å². The van der Waals surface area contributed by atoms with E-state index in [1.54, 1.807) is 0 Å². The van der Waals surface area contributed by atoms with Gasteiger partial charge in [0.1, 0.15) is 6.04 Å². The predicted octanol–water partition coefficient (Wildman–Crippen LogP) is 0.240. The van der Waals surface area contributed by atoms with Gasteiger partial charge < -0.3 is 5.32 Å². The highest BCUT2D eigenvalue weighted by Gasteiger charge is 2.61. The number of hydrogen-bond donors (Lipinski definition) is 2. The number of imide groups is 1. The molecule has 2 aliphatic rings. The number of nitrogens with one attached hydrogen (secondary N) is 2. The molecule has 2 fully saturated rings. The van der Waals surface area contributed by atoms with Crippen molar-refractivity contribution in [3.05, 3.63) is 0 Å². The van der Waals surface area contributed by atoms with Crippen molar-refractivity contribution in [2.24, 2.45) is 5.41 Å². The van der Waals surface area contributed by atoms with Crippen LogP contribution < -0.4 is 10.6 Å². The van der Waals surface area contributed by atoms with Gasteiger partial charge in [-0.25, -0.2) is 13.6 Å². The van der Waals surface area contributed by atoms with Gasteiger partial charge in [0, 0.05) is 0 Å². The number of amides is 3. The van der Waals surface area contributed by atoms with Gasteiger partial charge in [-0.15, -0.1) is 0 Å². The second-order valence-electron chi connectivity index (χ2n) is 3.43. The Balaban J connectivity index is 2.17. The molecular formula is C7H8F2N2O2. The number of rotatable bonds is 2. The van der Waals surface area contributed by atoms with E-state index >= 15 is 0 Å². The van der Waals surface area contributed by atoms with E-state index in [-0.39, 0.29) is 0 Å². The minimum absolute atomic E-state index is 0.295. The molecule has 1 unspecified atom stereocenters. The van der Waals surface area contributed by atoms with E-state index in [0.29, 0.717) is 12.8 Å². The maximum atomic E-state index is 12.5. The number of halogens is 2. The first-order valence-corrected chi connectivity index (χ1v) is 3.96. The molecule has 72 valence electrons. The molecule has 2 rings (SSSR count). The Hall–Kier alpha value is -1.20. The number of alkyl halides is 2. The van der Waals surface area contributed by atoms with Gasteiger partial charge in [0.2, 0.25) is 6.43 Å². The second kappa shape index (κ2) is 2.40. The summed E-state index contributed by atoms with van der Waals surface area (Å²) >= 11 is 0. The molecule has 1 aliphatic carbocycles. The normalized spacial score (nSPS) is 30.2. The molecule has 0 radical (unpaired) electrons. The van der Waals surface area contributed by atoms with Gasteiger partial charge in [-0.3, -0.25) is 10.1 Å². The fourth-order valence-corrected chi connectivity index (χ4v) is 1.60. The Morgan fingerprint density at radius 3 is 2.31 bits per heavy atom. The van der Waals surface area contributed by atoms with Crippen LogP contribution in [-0.4, -0.2) is 24.4 Å². The van der Waals surface area contributed by atoms with Crippen LogP contribution in [0.5, 0.6) is 0 Å². The molecule has 0 aromatic carbocycles. The van der Waals surface area contributed by atoms with E-state index < -0.39 is 29.8 Å². The van der Waals surface area contributed by atoms with E-state index in [0.717, 1.165) is 0 Å². The van der Waals surface area contributed by atoms with Crippen LogP contribution in [0, 0.1) is 5.41 Å². The van der Waals surface area contributed by atoms with Crippen molar-refractivity contribution in [1.82, 2.24) is 10.6 Å². The predicted molar refractivity (Wildman–Crippen MR) is 38.1 cm³/mol. The average molecular weight is 190 g/mol. The molecule has 4 nitrogen and oxygen atoms in total. The maximum absolute atomic E-state index is 12.5. The highest BCUT2D eigenvalue weighted by atomic mass is 19.3. The molecule has 0 aromatic heterocycles. The monoisotopic (exact) mass is 190 g/mol. The van der Waals surface area contributed by atoms with Crippen molar-refractivity contribution in [3.63, 3.8) is 0 Å². The molecule has 0 bridgehead atoms. The van der Waals surface area contributed by atoms with Crippen molar-refractivity contribution in [1.29, 1.82) is 0 Å². The summed E-state index contributed by atoms with van der Waals surface area (Å²) in [6.45, 7) is 0. The van der Waals surface area contributed by atoms with Crippen molar-refractivity contribution < 1.29 is 18.4 Å². The zero-order chi connectivity index (χ0) is 9.64. The van der Waals surface area contributed by atoms with Crippen LogP contribution >= 0.6 is 0 Å². The van der Waals surface area contributed by atoms with Gasteiger partial charge in [0.05, 0.1) is 5.41 Å². The van der Waals surface area contributed by atoms with Crippen LogP contribution in [0.4, 0.5) is 13.6 Å². The second-order valence-corrected chi connectivity index (χ2v) is 3.43. The number of carbonyl (C=O) groups is 2. The Bertz CT molecular complexity index is 276. The Kier molecular flexibility index (Phi) is 1.55. The molecular weight excluding hydrogens is 182 g/mol. The minimum Gasteiger partial charge on any atom is -0.325 e. The highest BCUT2D eigenvalue weighted by molar-refractivity contribution is 6.04. The molecule has 1 saturated carbocycles. The van der Waals surface area contributed by atoms with Gasteiger partial charge in [-0.2, -0.15) is 0 Å². The van der Waals surface area contributed by atoms with Crippen LogP contribution in [0.15, 0.2) is 0 Å². The van der Waals surface area contributed by atoms with Crippen LogP contribution in [-0.2, 0) is 4.79 Å². The Morgan fingerprint density at radius 1 is 1.38 bits per heavy atom. The fourth-order valence-electron chi connectivity index (χ4n) is 1.60. The third-order valence-corrected chi connectivity index (χ3v) is 2.61. The van der Waals surface area contributed by atoms with Gasteiger partial charge >= 0.3 is 6.03 Å². The molecule has 1 saturated heterocycles. The van der Waals surface area contributed by atoms with E-state index in [9.17, 15) is 18.4 Å². The smallest absolute Gasteiger partial charge is 0.322 e. The molecule has 0 aromatic rings. The topological polar surface area (TPSA) is 58.2 Å². The summed E-state index contributed by atoms with van der Waals surface area (Å²) in [6, 6.07) is -1.72. The molecule has 1 aliphatic heterocycles. The molecule has 1 heterocycles. The molecule has 13 heavy (non-hydrogen) atoms. The van der Waals surface area contributed by atoms with Crippen molar-refractivity contribution in [3.8, 4) is 0 Å². The summed E-state index contributed by atoms with van der Waals surface area (Å²) in [7, 11) is 0. The lowest BCUT2D eigenvalue weighted by Crippen LogP contribution is -2.42. The average Bonchev–Trinajstić information content (AvgIpc) is 2.75. The zero-order valence-electron chi connectivity index (χ0n) is 6.64. The lowest BCUT2D eigenvalue weighted by Gasteiger charge is -2.18. The zero-order valence-corrected chi connectivity index (χ0v) is 6.64. The Labute approximate surface area is 72.7 Å². The van der Waals surface area contributed by atoms with Gasteiger partial charge in [-0.1, -0.05) is 0 Å². The van der Waals surface area contributed by atoms with Crippen LogP contribution in [0.1, 0.15) is 12.8 Å². The van der Waals surface area contributed by atoms with E-state index in [2.05, 4.69) is 5.32 Å². The first kappa shape index (κ1) is 8.40. The van der Waals surface area contributed by atoms with Crippen LogP contribution in [0.3, 0.4) is 0 Å². The Morgan fingerprint density at radius 2 is 2.00 bits per heavy atom. The van der Waals surface area contributed by atoms with E-state index in [1.807, 2.05) is 5.32 Å². The highest BCUT2D eigenvalue weighted by Crippen LogP contribution is 2.54. The quantitative estimate of drug-likeness (QED) is 0.613. The first-order valence-electron chi connectivity index (χ1n) is 3.96. The van der Waals surface area contributed by atoms with Crippen LogP contribution in [0.2, 0.25) is 0 Å². The molecule has 3 amide bonds. The largest absolute Gasteiger partial charge is 0.325 e. The maximum Gasteiger partial charge on any atom is 0.322 e. The van der Waals surface area contributed by atoms with E-state index in [4.69, 9.17) is 0 Å². The number of carbonyl (C=O) groups excluding carboxylic acids is 2. The summed E-state index contributed by atoms with van der Waals surface area (Å²) in [6.07, 6.45) is -1.96.